The Balaban J connectivity index is 1.65. The number of benzene rings is 2. The smallest absolute Gasteiger partial charge is 0.262 e. The Labute approximate surface area is 189 Å². The number of nitrogens with zero attached hydrogens (tertiary/aromatic N) is 2. The van der Waals surface area contributed by atoms with Crippen LogP contribution in [-0.2, 0) is 17.9 Å². The topological polar surface area (TPSA) is 71.0 Å². The van der Waals surface area contributed by atoms with Crippen molar-refractivity contribution in [3.05, 3.63) is 99.6 Å². The van der Waals surface area contributed by atoms with Crippen molar-refractivity contribution in [1.29, 1.82) is 5.26 Å². The number of hydrogen-bond donors (Lipinski definition) is 1. The number of aromatic nitrogens is 1. The number of halogens is 2. The number of carbonyl (C=O) groups is 1. The van der Waals surface area contributed by atoms with Crippen molar-refractivity contribution in [2.45, 2.75) is 13.1 Å². The van der Waals surface area contributed by atoms with E-state index in [4.69, 9.17) is 27.6 Å². The summed E-state index contributed by atoms with van der Waals surface area (Å²) < 4.78 is 7.24. The first-order valence-corrected chi connectivity index (χ1v) is 10.2. The highest BCUT2D eigenvalue weighted by Crippen LogP contribution is 2.27. The van der Waals surface area contributed by atoms with E-state index in [0.717, 1.165) is 22.0 Å². The maximum Gasteiger partial charge on any atom is 0.262 e. The zero-order valence-corrected chi connectivity index (χ0v) is 17.8. The molecule has 0 fully saturated rings. The lowest BCUT2D eigenvalue weighted by atomic mass is 10.1. The Kier molecular flexibility index (Phi) is 6.13. The van der Waals surface area contributed by atoms with Crippen molar-refractivity contribution in [2.75, 3.05) is 0 Å². The third-order valence-corrected chi connectivity index (χ3v) is 5.43. The SMILES string of the molecule is N#C/C(=C\c1cn(Cc2ccc(Cl)cc2Cl)c2ccccc12)C(=O)NCc1ccco1. The van der Waals surface area contributed by atoms with Crippen LogP contribution in [0.3, 0.4) is 0 Å². The summed E-state index contributed by atoms with van der Waals surface area (Å²) in [7, 11) is 0. The minimum Gasteiger partial charge on any atom is -0.467 e. The molecule has 1 amide bonds. The molecule has 0 aliphatic heterocycles. The van der Waals surface area contributed by atoms with Gasteiger partial charge in [0.2, 0.25) is 0 Å². The molecule has 4 rings (SSSR count). The Bertz CT molecular complexity index is 1310. The van der Waals surface area contributed by atoms with E-state index in [9.17, 15) is 10.1 Å². The molecule has 2 aromatic carbocycles. The maximum absolute atomic E-state index is 12.5. The van der Waals surface area contributed by atoms with Gasteiger partial charge in [-0.25, -0.2) is 0 Å². The van der Waals surface area contributed by atoms with Crippen LogP contribution in [0.15, 0.2) is 77.0 Å². The standard InChI is InChI=1S/C24H17Cl2N3O2/c25-19-8-7-16(22(26)11-19)14-29-15-18(21-5-1-2-6-23(21)29)10-17(12-27)24(30)28-13-20-4-3-9-31-20/h1-11,15H,13-14H2,(H,28,30)/b17-10+. The van der Waals surface area contributed by atoms with E-state index >= 15 is 0 Å². The van der Waals surface area contributed by atoms with E-state index < -0.39 is 5.91 Å². The van der Waals surface area contributed by atoms with Crippen LogP contribution >= 0.6 is 23.2 Å². The van der Waals surface area contributed by atoms with Gasteiger partial charge in [0, 0.05) is 39.3 Å². The molecular formula is C24H17Cl2N3O2. The van der Waals surface area contributed by atoms with E-state index in [0.29, 0.717) is 22.4 Å². The van der Waals surface area contributed by atoms with Gasteiger partial charge < -0.3 is 14.3 Å². The molecule has 4 aromatic rings. The van der Waals surface area contributed by atoms with Crippen LogP contribution in [0, 0.1) is 11.3 Å². The first-order chi connectivity index (χ1) is 15.0. The Morgan fingerprint density at radius 2 is 2.00 bits per heavy atom. The van der Waals surface area contributed by atoms with Crippen molar-refractivity contribution < 1.29 is 9.21 Å². The van der Waals surface area contributed by atoms with Gasteiger partial charge in [0.25, 0.3) is 5.91 Å². The molecule has 0 saturated heterocycles. The van der Waals surface area contributed by atoms with E-state index in [1.54, 1.807) is 30.3 Å². The summed E-state index contributed by atoms with van der Waals surface area (Å²) in [4.78, 5) is 12.5. The van der Waals surface area contributed by atoms with Crippen LogP contribution in [0.1, 0.15) is 16.9 Å². The van der Waals surface area contributed by atoms with Gasteiger partial charge in [0.15, 0.2) is 0 Å². The quantitative estimate of drug-likeness (QED) is 0.298. The third-order valence-electron chi connectivity index (χ3n) is 4.84. The van der Waals surface area contributed by atoms with Crippen molar-refractivity contribution >= 4 is 46.1 Å². The minimum absolute atomic E-state index is 0.0129. The highest BCUT2D eigenvalue weighted by molar-refractivity contribution is 6.35. The van der Waals surface area contributed by atoms with Gasteiger partial charge in [-0.05, 0) is 42.0 Å². The summed E-state index contributed by atoms with van der Waals surface area (Å²) in [5.41, 5.74) is 2.66. The van der Waals surface area contributed by atoms with Crippen LogP contribution in [0.4, 0.5) is 0 Å². The lowest BCUT2D eigenvalue weighted by Crippen LogP contribution is -2.23. The lowest BCUT2D eigenvalue weighted by molar-refractivity contribution is -0.117. The fraction of sp³-hybridized carbons (Fsp3) is 0.0833. The molecule has 0 spiro atoms. The molecule has 0 saturated carbocycles. The number of para-hydroxylation sites is 1. The number of fused-ring (bicyclic) bond motifs is 1. The van der Waals surface area contributed by atoms with E-state index in [-0.39, 0.29) is 12.1 Å². The van der Waals surface area contributed by atoms with Crippen molar-refractivity contribution in [3.8, 4) is 6.07 Å². The van der Waals surface area contributed by atoms with Gasteiger partial charge in [-0.1, -0.05) is 47.5 Å². The number of rotatable bonds is 6. The maximum atomic E-state index is 12.5. The Morgan fingerprint density at radius 3 is 2.74 bits per heavy atom. The minimum atomic E-state index is -0.462. The molecular weight excluding hydrogens is 433 g/mol. The summed E-state index contributed by atoms with van der Waals surface area (Å²) in [5, 5.41) is 14.3. The van der Waals surface area contributed by atoms with Gasteiger partial charge in [-0.3, -0.25) is 4.79 Å². The largest absolute Gasteiger partial charge is 0.467 e. The summed E-state index contributed by atoms with van der Waals surface area (Å²) in [5.74, 6) is 0.151. The van der Waals surface area contributed by atoms with E-state index in [1.807, 2.05) is 47.2 Å². The van der Waals surface area contributed by atoms with Gasteiger partial charge in [0.05, 0.1) is 12.8 Å². The van der Waals surface area contributed by atoms with Gasteiger partial charge in [-0.2, -0.15) is 5.26 Å². The highest BCUT2D eigenvalue weighted by Gasteiger charge is 2.13. The number of carbonyl (C=O) groups excluding carboxylic acids is 1. The Hall–Kier alpha value is -3.46. The first-order valence-electron chi connectivity index (χ1n) is 9.49. The second-order valence-electron chi connectivity index (χ2n) is 6.90. The summed E-state index contributed by atoms with van der Waals surface area (Å²) in [6.45, 7) is 0.735. The summed E-state index contributed by atoms with van der Waals surface area (Å²) in [6.07, 6.45) is 5.04. The second kappa shape index (κ2) is 9.13. The molecule has 0 atom stereocenters. The zero-order valence-electron chi connectivity index (χ0n) is 16.3. The predicted molar refractivity (Wildman–Crippen MR) is 122 cm³/mol. The predicted octanol–water partition coefficient (Wildman–Crippen LogP) is 5.81. The average molecular weight is 450 g/mol. The van der Waals surface area contributed by atoms with E-state index in [1.165, 1.54) is 6.26 Å². The molecule has 154 valence electrons. The van der Waals surface area contributed by atoms with Crippen LogP contribution in [0.5, 0.6) is 0 Å². The molecule has 0 radical (unpaired) electrons. The lowest BCUT2D eigenvalue weighted by Gasteiger charge is -2.08. The average Bonchev–Trinajstić information content (AvgIpc) is 3.41. The third kappa shape index (κ3) is 4.66. The van der Waals surface area contributed by atoms with Crippen LogP contribution < -0.4 is 5.32 Å². The zero-order chi connectivity index (χ0) is 21.8. The van der Waals surface area contributed by atoms with Crippen LogP contribution in [-0.4, -0.2) is 10.5 Å². The fourth-order valence-electron chi connectivity index (χ4n) is 3.33. The molecule has 0 aliphatic carbocycles. The van der Waals surface area contributed by atoms with Crippen molar-refractivity contribution in [3.63, 3.8) is 0 Å². The van der Waals surface area contributed by atoms with E-state index in [2.05, 4.69) is 5.32 Å². The number of hydrogen-bond acceptors (Lipinski definition) is 3. The second-order valence-corrected chi connectivity index (χ2v) is 7.74. The van der Waals surface area contributed by atoms with Crippen LogP contribution in [0.25, 0.3) is 17.0 Å². The highest BCUT2D eigenvalue weighted by atomic mass is 35.5. The van der Waals surface area contributed by atoms with Gasteiger partial charge in [0.1, 0.15) is 17.4 Å². The number of amides is 1. The monoisotopic (exact) mass is 449 g/mol. The Morgan fingerprint density at radius 1 is 1.16 bits per heavy atom. The van der Waals surface area contributed by atoms with Gasteiger partial charge in [-0.15, -0.1) is 0 Å². The normalized spacial score (nSPS) is 11.5. The summed E-state index contributed by atoms with van der Waals surface area (Å²) in [6, 6.07) is 18.7. The van der Waals surface area contributed by atoms with Crippen molar-refractivity contribution in [2.24, 2.45) is 0 Å². The molecule has 0 unspecified atom stereocenters. The molecule has 2 aromatic heterocycles. The fourth-order valence-corrected chi connectivity index (χ4v) is 3.80. The molecule has 0 bridgehead atoms. The van der Waals surface area contributed by atoms with Gasteiger partial charge >= 0.3 is 0 Å². The molecule has 2 heterocycles. The molecule has 0 aliphatic rings. The molecule has 7 heteroatoms. The van der Waals surface area contributed by atoms with Crippen LogP contribution in [0.2, 0.25) is 10.0 Å². The molecule has 31 heavy (non-hydrogen) atoms. The first kappa shape index (κ1) is 20.8. The number of furan rings is 1. The molecule has 1 N–H and O–H groups in total. The number of nitriles is 1. The summed E-state index contributed by atoms with van der Waals surface area (Å²) >= 11 is 12.4. The van der Waals surface area contributed by atoms with Crippen molar-refractivity contribution in [1.82, 2.24) is 9.88 Å². The number of nitrogens with one attached hydrogen (secondary N) is 1. The molecule has 5 nitrogen and oxygen atoms in total.